The first-order chi connectivity index (χ1) is 8.62. The molecule has 1 aliphatic rings. The predicted octanol–water partition coefficient (Wildman–Crippen LogP) is -0.276. The van der Waals surface area contributed by atoms with Crippen molar-refractivity contribution in [3.63, 3.8) is 0 Å². The molecule has 1 aliphatic heterocycles. The minimum absolute atomic E-state index is 0.0600. The van der Waals surface area contributed by atoms with E-state index in [2.05, 4.69) is 4.98 Å². The normalized spacial score (nSPS) is 18.9. The van der Waals surface area contributed by atoms with Crippen LogP contribution in [0.2, 0.25) is 0 Å². The summed E-state index contributed by atoms with van der Waals surface area (Å²) in [5, 5.41) is 0. The number of aromatic nitrogens is 2. The van der Waals surface area contributed by atoms with E-state index in [1.165, 1.54) is 0 Å². The van der Waals surface area contributed by atoms with E-state index in [9.17, 15) is 4.79 Å². The van der Waals surface area contributed by atoms with Gasteiger partial charge in [-0.15, -0.1) is 0 Å². The first-order valence-corrected chi connectivity index (χ1v) is 6.14. The van der Waals surface area contributed by atoms with Crippen LogP contribution >= 0.6 is 0 Å². The maximum Gasteiger partial charge on any atom is 0.293 e. The summed E-state index contributed by atoms with van der Waals surface area (Å²) in [5.41, 5.74) is 5.46. The highest BCUT2D eigenvalue weighted by Gasteiger charge is 2.34. The molecule has 2 N–H and O–H groups in total. The second-order valence-corrected chi connectivity index (χ2v) is 4.75. The largest absolute Gasteiger partial charge is 0.377 e. The molecule has 6 heteroatoms. The van der Waals surface area contributed by atoms with E-state index in [1.54, 1.807) is 31.1 Å². The summed E-state index contributed by atoms with van der Waals surface area (Å²) in [6.45, 7) is 2.01. The summed E-state index contributed by atoms with van der Waals surface area (Å²) < 4.78 is 7.06. The van der Waals surface area contributed by atoms with Crippen molar-refractivity contribution < 1.29 is 4.74 Å². The highest BCUT2D eigenvalue weighted by atomic mass is 16.5. The zero-order valence-electron chi connectivity index (χ0n) is 10.9. The number of hydrogen-bond acceptors (Lipinski definition) is 5. The van der Waals surface area contributed by atoms with Crippen molar-refractivity contribution in [3.8, 4) is 0 Å². The van der Waals surface area contributed by atoms with E-state index in [0.29, 0.717) is 12.4 Å². The Hall–Kier alpha value is -1.40. The fourth-order valence-electron chi connectivity index (χ4n) is 2.32. The lowest BCUT2D eigenvalue weighted by molar-refractivity contribution is -0.0216. The SMILES string of the molecule is COC1(CN)CCN(c2nccn(C)c2=O)CC1. The van der Waals surface area contributed by atoms with Crippen molar-refractivity contribution in [2.45, 2.75) is 18.4 Å². The van der Waals surface area contributed by atoms with E-state index in [-0.39, 0.29) is 11.2 Å². The average Bonchev–Trinajstić information content (AvgIpc) is 2.42. The molecule has 6 nitrogen and oxygen atoms in total. The van der Waals surface area contributed by atoms with Crippen LogP contribution in [-0.2, 0) is 11.8 Å². The van der Waals surface area contributed by atoms with Gasteiger partial charge in [0.05, 0.1) is 5.60 Å². The zero-order valence-corrected chi connectivity index (χ0v) is 10.9. The third-order valence-corrected chi connectivity index (χ3v) is 3.78. The standard InChI is InChI=1S/C12H20N4O2/c1-15-8-5-14-10(11(15)17)16-6-3-12(9-13,18-2)4-7-16/h5,8H,3-4,6-7,9,13H2,1-2H3. The van der Waals surface area contributed by atoms with Crippen molar-refractivity contribution in [1.29, 1.82) is 0 Å². The molecular weight excluding hydrogens is 232 g/mol. The molecule has 2 rings (SSSR count). The number of nitrogens with zero attached hydrogens (tertiary/aromatic N) is 3. The Morgan fingerprint density at radius 3 is 2.72 bits per heavy atom. The number of methoxy groups -OCH3 is 1. The van der Waals surface area contributed by atoms with Crippen molar-refractivity contribution >= 4 is 5.82 Å². The Labute approximate surface area is 106 Å². The number of rotatable bonds is 3. The van der Waals surface area contributed by atoms with E-state index in [0.717, 1.165) is 25.9 Å². The molecule has 18 heavy (non-hydrogen) atoms. The van der Waals surface area contributed by atoms with Gasteiger partial charge < -0.3 is 19.9 Å². The molecule has 1 fully saturated rings. The number of anilines is 1. The molecule has 1 saturated heterocycles. The van der Waals surface area contributed by atoms with Gasteiger partial charge >= 0.3 is 0 Å². The van der Waals surface area contributed by atoms with Crippen LogP contribution in [0.4, 0.5) is 5.82 Å². The molecule has 0 aromatic carbocycles. The van der Waals surface area contributed by atoms with E-state index in [4.69, 9.17) is 10.5 Å². The second-order valence-electron chi connectivity index (χ2n) is 4.75. The third kappa shape index (κ3) is 2.26. The van der Waals surface area contributed by atoms with Gasteiger partial charge in [0.1, 0.15) is 0 Å². The molecule has 0 atom stereocenters. The minimum atomic E-state index is -0.240. The molecule has 1 aromatic heterocycles. The number of piperidine rings is 1. The molecule has 0 aliphatic carbocycles. The Bertz CT molecular complexity index is 457. The molecule has 0 saturated carbocycles. The van der Waals surface area contributed by atoms with Crippen LogP contribution in [0.5, 0.6) is 0 Å². The summed E-state index contributed by atoms with van der Waals surface area (Å²) >= 11 is 0. The Balaban J connectivity index is 2.15. The highest BCUT2D eigenvalue weighted by molar-refractivity contribution is 5.36. The third-order valence-electron chi connectivity index (χ3n) is 3.78. The van der Waals surface area contributed by atoms with Crippen molar-refractivity contribution in [2.75, 3.05) is 31.6 Å². The van der Waals surface area contributed by atoms with Gasteiger partial charge in [-0.1, -0.05) is 0 Å². The van der Waals surface area contributed by atoms with Crippen LogP contribution in [0, 0.1) is 0 Å². The molecule has 0 unspecified atom stereocenters. The van der Waals surface area contributed by atoms with Crippen molar-refractivity contribution in [1.82, 2.24) is 9.55 Å². The fourth-order valence-corrected chi connectivity index (χ4v) is 2.32. The molecular formula is C12H20N4O2. The molecule has 2 heterocycles. The Morgan fingerprint density at radius 1 is 1.50 bits per heavy atom. The minimum Gasteiger partial charge on any atom is -0.377 e. The van der Waals surface area contributed by atoms with Gasteiger partial charge in [0, 0.05) is 46.2 Å². The molecule has 0 bridgehead atoms. The number of hydrogen-bond donors (Lipinski definition) is 1. The van der Waals surface area contributed by atoms with Crippen molar-refractivity contribution in [3.05, 3.63) is 22.7 Å². The lowest BCUT2D eigenvalue weighted by Crippen LogP contribution is -2.51. The smallest absolute Gasteiger partial charge is 0.293 e. The summed E-state index contributed by atoms with van der Waals surface area (Å²) in [4.78, 5) is 18.2. The lowest BCUT2D eigenvalue weighted by Gasteiger charge is -2.40. The van der Waals surface area contributed by atoms with Crippen LogP contribution in [0.3, 0.4) is 0 Å². The van der Waals surface area contributed by atoms with Gasteiger partial charge in [0.15, 0.2) is 5.82 Å². The first kappa shape index (κ1) is 13.0. The first-order valence-electron chi connectivity index (χ1n) is 6.14. The molecule has 1 aromatic rings. The summed E-state index contributed by atoms with van der Waals surface area (Å²) in [6, 6.07) is 0. The summed E-state index contributed by atoms with van der Waals surface area (Å²) in [7, 11) is 3.43. The fraction of sp³-hybridized carbons (Fsp3) is 0.667. The Morgan fingerprint density at radius 2 is 2.17 bits per heavy atom. The molecule has 0 spiro atoms. The maximum absolute atomic E-state index is 12.0. The van der Waals surface area contributed by atoms with Gasteiger partial charge in [0.2, 0.25) is 0 Å². The van der Waals surface area contributed by atoms with Crippen LogP contribution < -0.4 is 16.2 Å². The zero-order chi connectivity index (χ0) is 13.2. The highest BCUT2D eigenvalue weighted by Crippen LogP contribution is 2.25. The molecule has 0 amide bonds. The van der Waals surface area contributed by atoms with Crippen LogP contribution in [0.1, 0.15) is 12.8 Å². The lowest BCUT2D eigenvalue weighted by atomic mass is 9.91. The van der Waals surface area contributed by atoms with Gasteiger partial charge in [0.25, 0.3) is 5.56 Å². The summed E-state index contributed by atoms with van der Waals surface area (Å²) in [5.74, 6) is 0.515. The maximum atomic E-state index is 12.0. The summed E-state index contributed by atoms with van der Waals surface area (Å²) in [6.07, 6.45) is 4.95. The van der Waals surface area contributed by atoms with Crippen molar-refractivity contribution in [2.24, 2.45) is 12.8 Å². The number of nitrogens with two attached hydrogens (primary N) is 1. The van der Waals surface area contributed by atoms with Gasteiger partial charge in [-0.3, -0.25) is 4.79 Å². The second kappa shape index (κ2) is 5.07. The molecule has 100 valence electrons. The van der Waals surface area contributed by atoms with E-state index >= 15 is 0 Å². The van der Waals surface area contributed by atoms with Crippen LogP contribution in [0.25, 0.3) is 0 Å². The quantitative estimate of drug-likeness (QED) is 0.801. The average molecular weight is 252 g/mol. The van der Waals surface area contributed by atoms with E-state index in [1.807, 2.05) is 4.90 Å². The monoisotopic (exact) mass is 252 g/mol. The number of ether oxygens (including phenoxy) is 1. The number of aryl methyl sites for hydroxylation is 1. The van der Waals surface area contributed by atoms with Gasteiger partial charge in [-0.05, 0) is 12.8 Å². The Kier molecular flexibility index (Phi) is 3.68. The van der Waals surface area contributed by atoms with Gasteiger partial charge in [-0.25, -0.2) is 4.98 Å². The van der Waals surface area contributed by atoms with Gasteiger partial charge in [-0.2, -0.15) is 0 Å². The van der Waals surface area contributed by atoms with Crippen LogP contribution in [0.15, 0.2) is 17.2 Å². The van der Waals surface area contributed by atoms with Crippen LogP contribution in [-0.4, -0.2) is 41.9 Å². The predicted molar refractivity (Wildman–Crippen MR) is 69.7 cm³/mol. The topological polar surface area (TPSA) is 73.4 Å². The molecule has 0 radical (unpaired) electrons. The van der Waals surface area contributed by atoms with E-state index < -0.39 is 0 Å².